The number of thiazole rings is 1. The molecule has 0 saturated carbocycles. The molecule has 0 aliphatic rings. The Bertz CT molecular complexity index is 928. The summed E-state index contributed by atoms with van der Waals surface area (Å²) in [6.07, 6.45) is -4.68. The van der Waals surface area contributed by atoms with Gasteiger partial charge in [-0.1, -0.05) is 6.07 Å². The average Bonchev–Trinajstić information content (AvgIpc) is 3.07. The number of ether oxygens (including phenoxy) is 1. The van der Waals surface area contributed by atoms with Crippen LogP contribution in [0.25, 0.3) is 0 Å². The van der Waals surface area contributed by atoms with E-state index < -0.39 is 23.5 Å². The van der Waals surface area contributed by atoms with E-state index in [2.05, 4.69) is 20.6 Å². The lowest BCUT2D eigenvalue weighted by atomic mass is 10.1. The number of rotatable bonds is 6. The molecular weight excluding hydrogens is 424 g/mol. The molecule has 1 heterocycles. The molecule has 0 aliphatic heterocycles. The fraction of sp³-hybridized carbons (Fsp3) is 0.421. The fourth-order valence-electron chi connectivity index (χ4n) is 2.60. The largest absolute Gasteiger partial charge is 0.462 e. The Kier molecular flexibility index (Phi) is 7.77. The highest BCUT2D eigenvalue weighted by molar-refractivity contribution is 7.13. The van der Waals surface area contributed by atoms with E-state index in [9.17, 15) is 22.4 Å². The van der Waals surface area contributed by atoms with Gasteiger partial charge >= 0.3 is 12.1 Å². The van der Waals surface area contributed by atoms with Gasteiger partial charge in [-0.15, -0.1) is 11.3 Å². The monoisotopic (exact) mass is 446 g/mol. The molecular formula is C19H22F4N4O2S. The summed E-state index contributed by atoms with van der Waals surface area (Å²) < 4.78 is 57.7. The maximum atomic E-state index is 13.2. The summed E-state index contributed by atoms with van der Waals surface area (Å²) in [5.74, 6) is -1.19. The number of guanidine groups is 1. The van der Waals surface area contributed by atoms with Crippen LogP contribution < -0.4 is 10.6 Å². The Morgan fingerprint density at radius 1 is 1.37 bits per heavy atom. The summed E-state index contributed by atoms with van der Waals surface area (Å²) in [6.45, 7) is 5.21. The van der Waals surface area contributed by atoms with Crippen LogP contribution in [0.3, 0.4) is 0 Å². The first-order valence-corrected chi connectivity index (χ1v) is 9.85. The number of alkyl halides is 3. The average molecular weight is 446 g/mol. The van der Waals surface area contributed by atoms with Gasteiger partial charge < -0.3 is 15.4 Å². The van der Waals surface area contributed by atoms with Gasteiger partial charge in [0, 0.05) is 13.6 Å². The van der Waals surface area contributed by atoms with E-state index in [1.165, 1.54) is 18.4 Å². The van der Waals surface area contributed by atoms with Gasteiger partial charge in [-0.2, -0.15) is 13.2 Å². The number of carbonyl (C=O) groups is 1. The third kappa shape index (κ3) is 5.91. The molecule has 1 atom stereocenters. The molecule has 1 aromatic carbocycles. The van der Waals surface area contributed by atoms with Crippen molar-refractivity contribution in [1.82, 2.24) is 15.6 Å². The van der Waals surface area contributed by atoms with Crippen molar-refractivity contribution in [3.05, 3.63) is 50.7 Å². The van der Waals surface area contributed by atoms with E-state index in [0.717, 1.165) is 12.1 Å². The van der Waals surface area contributed by atoms with E-state index >= 15 is 0 Å². The summed E-state index contributed by atoms with van der Waals surface area (Å²) >= 11 is 1.17. The van der Waals surface area contributed by atoms with Gasteiger partial charge in [0.25, 0.3) is 0 Å². The van der Waals surface area contributed by atoms with Crippen molar-refractivity contribution in [3.63, 3.8) is 0 Å². The van der Waals surface area contributed by atoms with E-state index in [1.807, 2.05) is 0 Å². The van der Waals surface area contributed by atoms with E-state index in [4.69, 9.17) is 4.74 Å². The quantitative estimate of drug-likeness (QED) is 0.301. The molecule has 30 heavy (non-hydrogen) atoms. The third-order valence-electron chi connectivity index (χ3n) is 4.04. The molecule has 0 bridgehead atoms. The molecule has 11 heteroatoms. The normalized spacial score (nSPS) is 13.1. The Morgan fingerprint density at radius 2 is 2.07 bits per heavy atom. The molecule has 2 aromatic rings. The predicted molar refractivity (Wildman–Crippen MR) is 106 cm³/mol. The zero-order valence-corrected chi connectivity index (χ0v) is 17.7. The number of carbonyl (C=O) groups excluding carboxylic acids is 1. The zero-order chi connectivity index (χ0) is 22.5. The summed E-state index contributed by atoms with van der Waals surface area (Å²) in [6, 6.07) is 2.14. The molecule has 0 radical (unpaired) electrons. The molecule has 0 amide bonds. The second kappa shape index (κ2) is 9.88. The summed E-state index contributed by atoms with van der Waals surface area (Å²) in [5.41, 5.74) is -0.631. The van der Waals surface area contributed by atoms with Crippen molar-refractivity contribution >= 4 is 23.3 Å². The maximum Gasteiger partial charge on any atom is 0.416 e. The number of hydrogen-bond acceptors (Lipinski definition) is 5. The van der Waals surface area contributed by atoms with E-state index in [0.29, 0.717) is 21.6 Å². The van der Waals surface area contributed by atoms with Crippen LogP contribution in [0.4, 0.5) is 17.6 Å². The molecule has 0 saturated heterocycles. The number of nitrogens with zero attached hydrogens (tertiary/aromatic N) is 2. The van der Waals surface area contributed by atoms with Gasteiger partial charge in [-0.05, 0) is 38.5 Å². The van der Waals surface area contributed by atoms with Gasteiger partial charge in [0.1, 0.15) is 15.7 Å². The molecule has 0 spiro atoms. The van der Waals surface area contributed by atoms with Crippen molar-refractivity contribution in [2.75, 3.05) is 13.7 Å². The highest BCUT2D eigenvalue weighted by Crippen LogP contribution is 2.32. The smallest absolute Gasteiger partial charge is 0.416 e. The van der Waals surface area contributed by atoms with Crippen LogP contribution in [0.5, 0.6) is 0 Å². The minimum Gasteiger partial charge on any atom is -0.462 e. The van der Waals surface area contributed by atoms with Crippen LogP contribution in [0, 0.1) is 12.7 Å². The topological polar surface area (TPSA) is 75.6 Å². The number of aromatic nitrogens is 1. The van der Waals surface area contributed by atoms with Crippen molar-refractivity contribution < 1.29 is 27.1 Å². The molecule has 2 rings (SSSR count). The Hall–Kier alpha value is -2.69. The summed E-state index contributed by atoms with van der Waals surface area (Å²) in [5, 5.41) is 6.39. The molecule has 1 aromatic heterocycles. The molecule has 2 N–H and O–H groups in total. The maximum absolute atomic E-state index is 13.2. The van der Waals surface area contributed by atoms with Crippen molar-refractivity contribution in [2.24, 2.45) is 4.99 Å². The highest BCUT2D eigenvalue weighted by Gasteiger charge is 2.33. The lowest BCUT2D eigenvalue weighted by molar-refractivity contribution is -0.138. The molecule has 6 nitrogen and oxygen atoms in total. The van der Waals surface area contributed by atoms with Crippen LogP contribution >= 0.6 is 11.3 Å². The minimum absolute atomic E-state index is 0.116. The first-order chi connectivity index (χ1) is 14.1. The fourth-order valence-corrected chi connectivity index (χ4v) is 3.56. The first-order valence-electron chi connectivity index (χ1n) is 9.04. The Balaban J connectivity index is 2.09. The zero-order valence-electron chi connectivity index (χ0n) is 16.9. The van der Waals surface area contributed by atoms with Gasteiger partial charge in [0.05, 0.1) is 23.9 Å². The van der Waals surface area contributed by atoms with E-state index in [1.54, 1.807) is 20.8 Å². The highest BCUT2D eigenvalue weighted by atomic mass is 32.1. The minimum atomic E-state index is -4.68. The number of esters is 1. The molecule has 0 fully saturated rings. The predicted octanol–water partition coefficient (Wildman–Crippen LogP) is 4.21. The molecule has 164 valence electrons. The number of hydrogen-bond donors (Lipinski definition) is 2. The van der Waals surface area contributed by atoms with E-state index in [-0.39, 0.29) is 30.7 Å². The third-order valence-corrected chi connectivity index (χ3v) is 5.37. The standard InChI is InChI=1S/C19H22F4N4O2S/c1-5-29-17(28)15-10(2)26-16(30-15)11(3)27-18(24-4)25-9-12-6-7-13(20)8-14(12)19(21,22)23/h6-8,11H,5,9H2,1-4H3,(H2,24,25,27). The molecule has 0 aliphatic carbocycles. The lowest BCUT2D eigenvalue weighted by Gasteiger charge is -2.18. The number of aliphatic imine (C=N–C) groups is 1. The second-order valence-corrected chi connectivity index (χ2v) is 7.31. The van der Waals surface area contributed by atoms with Crippen LogP contribution in [-0.4, -0.2) is 30.6 Å². The molecule has 1 unspecified atom stereocenters. The lowest BCUT2D eigenvalue weighted by Crippen LogP contribution is -2.38. The Labute approximate surface area is 175 Å². The van der Waals surface area contributed by atoms with Crippen LogP contribution in [0.1, 0.15) is 51.4 Å². The number of nitrogens with one attached hydrogen (secondary N) is 2. The van der Waals surface area contributed by atoms with Crippen LogP contribution in [-0.2, 0) is 17.5 Å². The number of benzene rings is 1. The summed E-state index contributed by atoms with van der Waals surface area (Å²) in [4.78, 5) is 20.7. The first kappa shape index (κ1) is 23.6. The number of aryl methyl sites for hydroxylation is 1. The number of halogens is 4. The van der Waals surface area contributed by atoms with Gasteiger partial charge in [-0.3, -0.25) is 4.99 Å². The van der Waals surface area contributed by atoms with Crippen molar-refractivity contribution in [1.29, 1.82) is 0 Å². The summed E-state index contributed by atoms with van der Waals surface area (Å²) in [7, 11) is 1.47. The van der Waals surface area contributed by atoms with Crippen LogP contribution in [0.15, 0.2) is 23.2 Å². The van der Waals surface area contributed by atoms with Crippen molar-refractivity contribution in [3.8, 4) is 0 Å². The van der Waals surface area contributed by atoms with Gasteiger partial charge in [-0.25, -0.2) is 14.2 Å². The van der Waals surface area contributed by atoms with Crippen LogP contribution in [0.2, 0.25) is 0 Å². The van der Waals surface area contributed by atoms with Crippen molar-refractivity contribution in [2.45, 2.75) is 39.5 Å². The van der Waals surface area contributed by atoms with Gasteiger partial charge in [0.15, 0.2) is 5.96 Å². The Morgan fingerprint density at radius 3 is 2.67 bits per heavy atom. The SMILES string of the molecule is CCOC(=O)c1sc(C(C)NC(=NC)NCc2ccc(F)cc2C(F)(F)F)nc1C. The van der Waals surface area contributed by atoms with Gasteiger partial charge in [0.2, 0.25) is 0 Å². The second-order valence-electron chi connectivity index (χ2n) is 6.28.